The van der Waals surface area contributed by atoms with Crippen LogP contribution in [-0.4, -0.2) is 46.5 Å². The van der Waals surface area contributed by atoms with E-state index in [9.17, 15) is 9.59 Å². The fourth-order valence-electron chi connectivity index (χ4n) is 0.537. The molecule has 0 aliphatic heterocycles. The molecular formula is C6H12N2O4. The molecule has 2 N–H and O–H groups in total. The topological polar surface area (TPSA) is 81.1 Å². The van der Waals surface area contributed by atoms with Crippen molar-refractivity contribution in [2.45, 2.75) is 12.8 Å². The minimum absolute atomic E-state index is 0.114. The van der Waals surface area contributed by atoms with Crippen LogP contribution in [0.2, 0.25) is 0 Å². The van der Waals surface area contributed by atoms with E-state index >= 15 is 0 Å². The Balaban J connectivity index is 3.69. The Morgan fingerprint density at radius 2 is 1.25 bits per heavy atom. The lowest BCUT2D eigenvalue weighted by Gasteiger charge is -2.09. The predicted octanol–water partition coefficient (Wildman–Crippen LogP) is -0.538. The predicted molar refractivity (Wildman–Crippen MR) is 38.3 cm³/mol. The lowest BCUT2D eigenvalue weighted by molar-refractivity contribution is -0.165. The summed E-state index contributed by atoms with van der Waals surface area (Å²) in [5.41, 5.74) is 0. The summed E-state index contributed by atoms with van der Waals surface area (Å²) >= 11 is 0. The van der Waals surface area contributed by atoms with Crippen LogP contribution in [-0.2, 0) is 9.59 Å². The van der Waals surface area contributed by atoms with Crippen LogP contribution in [0.4, 0.5) is 0 Å². The minimum Gasteiger partial charge on any atom is -0.286 e. The van der Waals surface area contributed by atoms with Crippen molar-refractivity contribution in [3.63, 3.8) is 0 Å². The standard InChI is InChI=1S/C6H12N2O4/c1-7(11)5(9)3-4-6(10)8(2)12/h11-12H,3-4H2,1-2H3. The van der Waals surface area contributed by atoms with Gasteiger partial charge >= 0.3 is 0 Å². The molecule has 0 bridgehead atoms. The van der Waals surface area contributed by atoms with E-state index in [4.69, 9.17) is 10.4 Å². The third-order valence-electron chi connectivity index (χ3n) is 1.27. The summed E-state index contributed by atoms with van der Waals surface area (Å²) in [6, 6.07) is 0. The van der Waals surface area contributed by atoms with Crippen molar-refractivity contribution >= 4 is 11.8 Å². The quantitative estimate of drug-likeness (QED) is 0.447. The lowest BCUT2D eigenvalue weighted by Crippen LogP contribution is -2.27. The average Bonchev–Trinajstić information content (AvgIpc) is 1.98. The van der Waals surface area contributed by atoms with E-state index in [0.717, 1.165) is 0 Å². The van der Waals surface area contributed by atoms with E-state index in [1.807, 2.05) is 0 Å². The fourth-order valence-corrected chi connectivity index (χ4v) is 0.537. The molecule has 0 rings (SSSR count). The molecule has 0 heterocycles. The van der Waals surface area contributed by atoms with E-state index < -0.39 is 11.8 Å². The molecular weight excluding hydrogens is 164 g/mol. The van der Waals surface area contributed by atoms with Crippen LogP contribution in [0.25, 0.3) is 0 Å². The molecule has 0 spiro atoms. The summed E-state index contributed by atoms with van der Waals surface area (Å²) in [7, 11) is 2.35. The van der Waals surface area contributed by atoms with Gasteiger partial charge in [0.05, 0.1) is 0 Å². The van der Waals surface area contributed by atoms with Crippen molar-refractivity contribution < 1.29 is 20.0 Å². The van der Waals surface area contributed by atoms with Crippen LogP contribution in [0.3, 0.4) is 0 Å². The Labute approximate surface area is 69.9 Å². The summed E-state index contributed by atoms with van der Waals surface area (Å²) in [5, 5.41) is 18.0. The number of nitrogens with zero attached hydrogens (tertiary/aromatic N) is 2. The number of amides is 2. The first-order chi connectivity index (χ1) is 5.45. The molecule has 0 aromatic heterocycles. The zero-order chi connectivity index (χ0) is 9.72. The van der Waals surface area contributed by atoms with Crippen LogP contribution in [0.5, 0.6) is 0 Å². The Kier molecular flexibility index (Phi) is 4.24. The summed E-state index contributed by atoms with van der Waals surface area (Å²) in [6.07, 6.45) is -0.229. The lowest BCUT2D eigenvalue weighted by atomic mass is 10.3. The van der Waals surface area contributed by atoms with Gasteiger partial charge in [0, 0.05) is 26.9 Å². The fraction of sp³-hybridized carbons (Fsp3) is 0.667. The second kappa shape index (κ2) is 4.68. The van der Waals surface area contributed by atoms with Gasteiger partial charge < -0.3 is 0 Å². The highest BCUT2D eigenvalue weighted by Gasteiger charge is 2.11. The maximum absolute atomic E-state index is 10.7. The largest absolute Gasteiger partial charge is 0.286 e. The molecule has 0 saturated carbocycles. The Morgan fingerprint density at radius 1 is 1.00 bits per heavy atom. The van der Waals surface area contributed by atoms with Gasteiger partial charge in [-0.15, -0.1) is 0 Å². The van der Waals surface area contributed by atoms with Crippen LogP contribution >= 0.6 is 0 Å². The number of hydroxylamine groups is 4. The maximum atomic E-state index is 10.7. The second-order valence-corrected chi connectivity index (χ2v) is 2.33. The van der Waals surface area contributed by atoms with Gasteiger partial charge in [-0.05, 0) is 0 Å². The first kappa shape index (κ1) is 10.9. The normalized spacial score (nSPS) is 9.33. The molecule has 12 heavy (non-hydrogen) atoms. The minimum atomic E-state index is -0.565. The molecule has 0 aliphatic rings. The van der Waals surface area contributed by atoms with Gasteiger partial charge in [-0.2, -0.15) is 0 Å². The first-order valence-corrected chi connectivity index (χ1v) is 3.36. The summed E-state index contributed by atoms with van der Waals surface area (Å²) < 4.78 is 0. The van der Waals surface area contributed by atoms with Crippen LogP contribution in [0.15, 0.2) is 0 Å². The van der Waals surface area contributed by atoms with Crippen molar-refractivity contribution in [3.8, 4) is 0 Å². The van der Waals surface area contributed by atoms with Gasteiger partial charge in [0.25, 0.3) is 0 Å². The number of carbonyl (C=O) groups is 2. The molecule has 0 saturated heterocycles. The molecule has 0 aromatic carbocycles. The molecule has 6 nitrogen and oxygen atoms in total. The van der Waals surface area contributed by atoms with Crippen molar-refractivity contribution in [2.75, 3.05) is 14.1 Å². The molecule has 0 aromatic rings. The molecule has 0 fully saturated rings. The zero-order valence-corrected chi connectivity index (χ0v) is 7.02. The van der Waals surface area contributed by atoms with Crippen molar-refractivity contribution in [1.82, 2.24) is 10.1 Å². The van der Waals surface area contributed by atoms with Crippen LogP contribution in [0, 0.1) is 0 Å². The van der Waals surface area contributed by atoms with E-state index in [2.05, 4.69) is 0 Å². The van der Waals surface area contributed by atoms with E-state index in [1.165, 1.54) is 14.1 Å². The SMILES string of the molecule is CN(O)C(=O)CCC(=O)N(C)O. The van der Waals surface area contributed by atoms with Gasteiger partial charge in [0.15, 0.2) is 0 Å². The van der Waals surface area contributed by atoms with Crippen LogP contribution < -0.4 is 0 Å². The summed E-state index contributed by atoms with van der Waals surface area (Å²) in [4.78, 5) is 21.4. The Morgan fingerprint density at radius 3 is 1.42 bits per heavy atom. The molecule has 0 aliphatic carbocycles. The van der Waals surface area contributed by atoms with Crippen molar-refractivity contribution in [2.24, 2.45) is 0 Å². The maximum Gasteiger partial charge on any atom is 0.246 e. The van der Waals surface area contributed by atoms with Gasteiger partial charge in [-0.25, -0.2) is 10.1 Å². The molecule has 6 heteroatoms. The highest BCUT2D eigenvalue weighted by atomic mass is 16.5. The number of hydrogen-bond donors (Lipinski definition) is 2. The molecule has 0 atom stereocenters. The first-order valence-electron chi connectivity index (χ1n) is 3.36. The number of rotatable bonds is 3. The molecule has 70 valence electrons. The highest BCUT2D eigenvalue weighted by molar-refractivity contribution is 5.82. The van der Waals surface area contributed by atoms with E-state index in [0.29, 0.717) is 10.1 Å². The smallest absolute Gasteiger partial charge is 0.246 e. The molecule has 0 unspecified atom stereocenters. The van der Waals surface area contributed by atoms with Gasteiger partial charge in [0.1, 0.15) is 0 Å². The number of hydrogen-bond acceptors (Lipinski definition) is 4. The average molecular weight is 176 g/mol. The number of carbonyl (C=O) groups excluding carboxylic acids is 2. The molecule has 0 radical (unpaired) electrons. The third kappa shape index (κ3) is 3.89. The highest BCUT2D eigenvalue weighted by Crippen LogP contribution is 1.95. The van der Waals surface area contributed by atoms with E-state index in [1.54, 1.807) is 0 Å². The van der Waals surface area contributed by atoms with Gasteiger partial charge in [0.2, 0.25) is 11.8 Å². The van der Waals surface area contributed by atoms with Gasteiger partial charge in [-0.1, -0.05) is 0 Å². The van der Waals surface area contributed by atoms with Crippen LogP contribution in [0.1, 0.15) is 12.8 Å². The van der Waals surface area contributed by atoms with Crippen molar-refractivity contribution in [1.29, 1.82) is 0 Å². The van der Waals surface area contributed by atoms with Crippen molar-refractivity contribution in [3.05, 3.63) is 0 Å². The Hall–Kier alpha value is -1.14. The van der Waals surface area contributed by atoms with Gasteiger partial charge in [-0.3, -0.25) is 20.0 Å². The molecule has 2 amide bonds. The Bertz CT molecular complexity index is 158. The summed E-state index contributed by atoms with van der Waals surface area (Å²) in [6.45, 7) is 0. The van der Waals surface area contributed by atoms with E-state index in [-0.39, 0.29) is 12.8 Å². The zero-order valence-electron chi connectivity index (χ0n) is 7.02. The monoisotopic (exact) mass is 176 g/mol. The third-order valence-corrected chi connectivity index (χ3v) is 1.27. The second-order valence-electron chi connectivity index (χ2n) is 2.33. The summed E-state index contributed by atoms with van der Waals surface area (Å²) in [5.74, 6) is -1.13.